The monoisotopic (exact) mass is 309 g/mol. The molecular weight excluding hydrogens is 291 g/mol. The van der Waals surface area contributed by atoms with Crippen molar-refractivity contribution in [3.05, 3.63) is 24.3 Å². The van der Waals surface area contributed by atoms with Crippen LogP contribution in [0.2, 0.25) is 0 Å². The molecule has 1 rings (SSSR count). The first kappa shape index (κ1) is 16.8. The fourth-order valence-corrected chi connectivity index (χ4v) is 2.45. The van der Waals surface area contributed by atoms with Crippen LogP contribution in [0.15, 0.2) is 29.2 Å². The van der Waals surface area contributed by atoms with Crippen molar-refractivity contribution in [1.29, 1.82) is 0 Å². The molecular formula is C13H18F3NO2S. The van der Waals surface area contributed by atoms with Crippen molar-refractivity contribution in [3.8, 4) is 0 Å². The molecule has 0 bridgehead atoms. The molecule has 1 unspecified atom stereocenters. The van der Waals surface area contributed by atoms with Crippen LogP contribution in [-0.4, -0.2) is 26.9 Å². The van der Waals surface area contributed by atoms with Gasteiger partial charge in [-0.1, -0.05) is 6.07 Å². The third-order valence-electron chi connectivity index (χ3n) is 2.77. The van der Waals surface area contributed by atoms with Crippen LogP contribution in [0, 0.1) is 0 Å². The Kier molecular flexibility index (Phi) is 5.44. The summed E-state index contributed by atoms with van der Waals surface area (Å²) in [4.78, 5) is 0.185. The van der Waals surface area contributed by atoms with Gasteiger partial charge in [0.25, 0.3) is 0 Å². The highest BCUT2D eigenvalue weighted by Crippen LogP contribution is 2.23. The summed E-state index contributed by atoms with van der Waals surface area (Å²) in [5.74, 6) is 0. The summed E-state index contributed by atoms with van der Waals surface area (Å²) in [6.07, 6.45) is -3.41. The lowest BCUT2D eigenvalue weighted by atomic mass is 10.1. The molecule has 0 aromatic heterocycles. The van der Waals surface area contributed by atoms with Gasteiger partial charge in [-0.3, -0.25) is 0 Å². The van der Waals surface area contributed by atoms with Crippen molar-refractivity contribution in [2.45, 2.75) is 43.3 Å². The van der Waals surface area contributed by atoms with E-state index in [0.717, 1.165) is 6.26 Å². The molecule has 0 aliphatic heterocycles. The Morgan fingerprint density at radius 1 is 1.30 bits per heavy atom. The molecule has 0 heterocycles. The van der Waals surface area contributed by atoms with Crippen LogP contribution in [0.25, 0.3) is 0 Å². The van der Waals surface area contributed by atoms with Gasteiger partial charge >= 0.3 is 6.18 Å². The van der Waals surface area contributed by atoms with E-state index in [4.69, 9.17) is 0 Å². The van der Waals surface area contributed by atoms with E-state index in [-0.39, 0.29) is 17.4 Å². The van der Waals surface area contributed by atoms with Gasteiger partial charge in [-0.2, -0.15) is 13.2 Å². The van der Waals surface area contributed by atoms with Gasteiger partial charge in [0.05, 0.1) is 4.90 Å². The summed E-state index contributed by atoms with van der Waals surface area (Å²) in [7, 11) is -3.29. The van der Waals surface area contributed by atoms with Gasteiger partial charge in [-0.05, 0) is 38.0 Å². The smallest absolute Gasteiger partial charge is 0.383 e. The zero-order valence-electron chi connectivity index (χ0n) is 11.4. The van der Waals surface area contributed by atoms with E-state index in [9.17, 15) is 21.6 Å². The molecule has 1 N–H and O–H groups in total. The number of alkyl halides is 3. The number of rotatable bonds is 6. The van der Waals surface area contributed by atoms with Crippen molar-refractivity contribution in [2.75, 3.05) is 11.6 Å². The van der Waals surface area contributed by atoms with Crippen LogP contribution in [-0.2, 0) is 9.84 Å². The second kappa shape index (κ2) is 6.47. The molecule has 114 valence electrons. The summed E-state index contributed by atoms with van der Waals surface area (Å²) in [5.41, 5.74) is 0.590. The first-order valence-electron chi connectivity index (χ1n) is 6.21. The van der Waals surface area contributed by atoms with Crippen molar-refractivity contribution in [2.24, 2.45) is 0 Å². The first-order valence-corrected chi connectivity index (χ1v) is 8.10. The summed E-state index contributed by atoms with van der Waals surface area (Å²) in [5, 5.41) is 3.01. The van der Waals surface area contributed by atoms with Crippen molar-refractivity contribution >= 4 is 15.5 Å². The molecule has 0 radical (unpaired) electrons. The zero-order chi connectivity index (χ0) is 15.4. The summed E-state index contributed by atoms with van der Waals surface area (Å²) in [6, 6.07) is 6.09. The average Bonchev–Trinajstić information content (AvgIpc) is 2.26. The van der Waals surface area contributed by atoms with Crippen molar-refractivity contribution in [1.82, 2.24) is 0 Å². The van der Waals surface area contributed by atoms with Crippen LogP contribution in [0.1, 0.15) is 26.2 Å². The Labute approximate surface area is 117 Å². The second-order valence-electron chi connectivity index (χ2n) is 4.85. The summed E-state index contributed by atoms with van der Waals surface area (Å²) >= 11 is 0. The quantitative estimate of drug-likeness (QED) is 0.873. The van der Waals surface area contributed by atoms with E-state index in [1.807, 2.05) is 0 Å². The molecule has 0 fully saturated rings. The lowest BCUT2D eigenvalue weighted by Gasteiger charge is -2.16. The Balaban J connectivity index is 2.56. The molecule has 0 aliphatic carbocycles. The van der Waals surface area contributed by atoms with Crippen LogP contribution >= 0.6 is 0 Å². The standard InChI is InChI=1S/C13H18F3NO2S/c1-10(5-4-8-13(14,15)16)17-11-6-3-7-12(9-11)20(2,18)19/h3,6-7,9-10,17H,4-5,8H2,1-2H3. The summed E-state index contributed by atoms with van der Waals surface area (Å²) < 4.78 is 58.9. The van der Waals surface area contributed by atoms with Gasteiger partial charge < -0.3 is 5.32 Å². The molecule has 0 saturated carbocycles. The van der Waals surface area contributed by atoms with Gasteiger partial charge in [0.1, 0.15) is 0 Å². The molecule has 0 amide bonds. The second-order valence-corrected chi connectivity index (χ2v) is 6.87. The molecule has 0 spiro atoms. The van der Waals surface area contributed by atoms with E-state index in [0.29, 0.717) is 12.1 Å². The van der Waals surface area contributed by atoms with E-state index in [1.54, 1.807) is 19.1 Å². The van der Waals surface area contributed by atoms with Crippen LogP contribution < -0.4 is 5.32 Å². The maximum atomic E-state index is 12.0. The molecule has 1 aromatic carbocycles. The number of sulfone groups is 1. The van der Waals surface area contributed by atoms with Gasteiger partial charge in [0, 0.05) is 24.4 Å². The van der Waals surface area contributed by atoms with E-state index in [1.165, 1.54) is 12.1 Å². The SMILES string of the molecule is CC(CCCC(F)(F)F)Nc1cccc(S(C)(=O)=O)c1. The number of halogens is 3. The third-order valence-corrected chi connectivity index (χ3v) is 3.88. The van der Waals surface area contributed by atoms with Crippen LogP contribution in [0.5, 0.6) is 0 Å². The van der Waals surface area contributed by atoms with Gasteiger partial charge in [-0.15, -0.1) is 0 Å². The van der Waals surface area contributed by atoms with Crippen molar-refractivity contribution in [3.63, 3.8) is 0 Å². The topological polar surface area (TPSA) is 46.2 Å². The predicted octanol–water partition coefficient (Wildman–Crippen LogP) is 3.62. The largest absolute Gasteiger partial charge is 0.389 e. The fourth-order valence-electron chi connectivity index (χ4n) is 1.78. The molecule has 1 atom stereocenters. The molecule has 3 nitrogen and oxygen atoms in total. The minimum atomic E-state index is -4.13. The Bertz CT molecular complexity index is 541. The molecule has 1 aromatic rings. The lowest BCUT2D eigenvalue weighted by Crippen LogP contribution is -2.17. The number of anilines is 1. The molecule has 0 aliphatic rings. The Morgan fingerprint density at radius 2 is 1.95 bits per heavy atom. The van der Waals surface area contributed by atoms with E-state index >= 15 is 0 Å². The lowest BCUT2D eigenvalue weighted by molar-refractivity contribution is -0.135. The normalized spacial score (nSPS) is 14.1. The molecule has 7 heteroatoms. The fraction of sp³-hybridized carbons (Fsp3) is 0.538. The van der Waals surface area contributed by atoms with Gasteiger partial charge in [0.15, 0.2) is 9.84 Å². The van der Waals surface area contributed by atoms with Gasteiger partial charge in [-0.25, -0.2) is 8.42 Å². The minimum Gasteiger partial charge on any atom is -0.383 e. The highest BCUT2D eigenvalue weighted by molar-refractivity contribution is 7.90. The number of benzene rings is 1. The minimum absolute atomic E-state index is 0.0451. The Hall–Kier alpha value is -1.24. The molecule has 20 heavy (non-hydrogen) atoms. The number of nitrogens with one attached hydrogen (secondary N) is 1. The first-order chi connectivity index (χ1) is 9.08. The third kappa shape index (κ3) is 6.27. The maximum Gasteiger partial charge on any atom is 0.389 e. The highest BCUT2D eigenvalue weighted by atomic mass is 32.2. The van der Waals surface area contributed by atoms with E-state index in [2.05, 4.69) is 5.32 Å². The summed E-state index contributed by atoms with van der Waals surface area (Å²) in [6.45, 7) is 1.77. The zero-order valence-corrected chi connectivity index (χ0v) is 12.2. The predicted molar refractivity (Wildman–Crippen MR) is 72.5 cm³/mol. The Morgan fingerprint density at radius 3 is 2.50 bits per heavy atom. The maximum absolute atomic E-state index is 12.0. The number of hydrogen-bond donors (Lipinski definition) is 1. The van der Waals surface area contributed by atoms with E-state index < -0.39 is 22.4 Å². The van der Waals surface area contributed by atoms with Gasteiger partial charge in [0.2, 0.25) is 0 Å². The van der Waals surface area contributed by atoms with Crippen molar-refractivity contribution < 1.29 is 21.6 Å². The highest BCUT2D eigenvalue weighted by Gasteiger charge is 2.26. The molecule has 0 saturated heterocycles. The average molecular weight is 309 g/mol. The van der Waals surface area contributed by atoms with Crippen LogP contribution in [0.4, 0.5) is 18.9 Å². The van der Waals surface area contributed by atoms with Crippen LogP contribution in [0.3, 0.4) is 0 Å². The number of hydrogen-bond acceptors (Lipinski definition) is 3.